The fraction of sp³-hybridized carbons (Fsp3) is 0.333. The third kappa shape index (κ3) is 5.45. The first kappa shape index (κ1) is 18.7. The van der Waals surface area contributed by atoms with E-state index < -0.39 is 11.9 Å². The largest absolute Gasteiger partial charge is 0.368 e. The highest BCUT2D eigenvalue weighted by Gasteiger charge is 2.19. The Morgan fingerprint density at radius 1 is 1.04 bits per heavy atom. The van der Waals surface area contributed by atoms with Crippen molar-refractivity contribution in [3.63, 3.8) is 0 Å². The lowest BCUT2D eigenvalue weighted by atomic mass is 10.0. The molecular weight excluding hydrogens is 312 g/mol. The monoisotopic (exact) mass is 338 g/mol. The van der Waals surface area contributed by atoms with Gasteiger partial charge in [0.15, 0.2) is 0 Å². The number of nitrogens with two attached hydrogens (primary N) is 1. The van der Waals surface area contributed by atoms with Crippen molar-refractivity contribution in [1.29, 1.82) is 0 Å². The molecule has 4 nitrogen and oxygen atoms in total. The van der Waals surface area contributed by atoms with E-state index in [-0.39, 0.29) is 5.91 Å². The van der Waals surface area contributed by atoms with Gasteiger partial charge in [-0.2, -0.15) is 0 Å². The first-order valence-electron chi connectivity index (χ1n) is 8.82. The molecule has 2 aromatic carbocycles. The molecule has 0 aliphatic rings. The number of benzene rings is 2. The van der Waals surface area contributed by atoms with Gasteiger partial charge in [0.05, 0.1) is 0 Å². The molecule has 1 atom stereocenters. The first-order chi connectivity index (χ1) is 12.1. The number of unbranched alkanes of at least 4 members (excludes halogenated alkanes) is 4. The summed E-state index contributed by atoms with van der Waals surface area (Å²) in [5.74, 6) is -0.744. The molecule has 0 heterocycles. The summed E-state index contributed by atoms with van der Waals surface area (Å²) in [6.45, 7) is 3.70. The van der Waals surface area contributed by atoms with Crippen LogP contribution in [0.2, 0.25) is 0 Å². The lowest BCUT2D eigenvalue weighted by Crippen LogP contribution is -2.44. The Bertz CT molecular complexity index is 734. The van der Waals surface area contributed by atoms with Crippen molar-refractivity contribution in [3.05, 3.63) is 60.7 Å². The molecule has 0 bridgehead atoms. The van der Waals surface area contributed by atoms with Crippen LogP contribution >= 0.6 is 0 Å². The molecule has 0 saturated carbocycles. The molecule has 0 fully saturated rings. The molecule has 4 heteroatoms. The lowest BCUT2D eigenvalue weighted by Gasteiger charge is -2.16. The van der Waals surface area contributed by atoms with Crippen LogP contribution in [0.5, 0.6) is 0 Å². The van der Waals surface area contributed by atoms with Crippen LogP contribution in [0.3, 0.4) is 0 Å². The van der Waals surface area contributed by atoms with Gasteiger partial charge in [-0.25, -0.2) is 0 Å². The average molecular weight is 338 g/mol. The van der Waals surface area contributed by atoms with E-state index >= 15 is 0 Å². The second kappa shape index (κ2) is 9.62. The number of amides is 2. The number of nitrogens with one attached hydrogen (secondary N) is 1. The first-order valence-corrected chi connectivity index (χ1v) is 8.82. The van der Waals surface area contributed by atoms with E-state index in [9.17, 15) is 9.59 Å². The van der Waals surface area contributed by atoms with Crippen molar-refractivity contribution < 1.29 is 9.59 Å². The van der Waals surface area contributed by atoms with Crippen LogP contribution in [0, 0.1) is 0 Å². The molecule has 0 saturated heterocycles. The quantitative estimate of drug-likeness (QED) is 0.508. The van der Waals surface area contributed by atoms with Gasteiger partial charge in [-0.1, -0.05) is 61.7 Å². The standard InChI is InChI=1S/C21H26N2O2/c1-2-3-4-5-6-7-15-19(20(22)24)23-21(25)18-14-10-12-16-11-8-9-13-17(16)18/h2,8-14,19H,1,3-7,15H2,(H2,22,24)(H,23,25)/t19-/m0/s1. The van der Waals surface area contributed by atoms with Crippen molar-refractivity contribution >= 4 is 22.6 Å². The smallest absolute Gasteiger partial charge is 0.252 e. The fourth-order valence-electron chi connectivity index (χ4n) is 2.94. The molecule has 0 spiro atoms. The van der Waals surface area contributed by atoms with Gasteiger partial charge in [0.1, 0.15) is 6.04 Å². The number of primary amides is 1. The molecule has 0 unspecified atom stereocenters. The second-order valence-corrected chi connectivity index (χ2v) is 6.24. The predicted molar refractivity (Wildman–Crippen MR) is 102 cm³/mol. The molecule has 2 aromatic rings. The van der Waals surface area contributed by atoms with Gasteiger partial charge in [0, 0.05) is 5.56 Å². The van der Waals surface area contributed by atoms with Crippen molar-refractivity contribution in [2.75, 3.05) is 0 Å². The highest BCUT2D eigenvalue weighted by Crippen LogP contribution is 2.18. The zero-order valence-corrected chi connectivity index (χ0v) is 14.5. The van der Waals surface area contributed by atoms with Crippen LogP contribution in [0.25, 0.3) is 10.8 Å². The van der Waals surface area contributed by atoms with Gasteiger partial charge >= 0.3 is 0 Å². The van der Waals surface area contributed by atoms with Gasteiger partial charge in [0.25, 0.3) is 5.91 Å². The number of carbonyl (C=O) groups is 2. The van der Waals surface area contributed by atoms with Gasteiger partial charge in [-0.05, 0) is 36.1 Å². The summed E-state index contributed by atoms with van der Waals surface area (Å²) in [4.78, 5) is 24.3. The average Bonchev–Trinajstić information content (AvgIpc) is 2.62. The Morgan fingerprint density at radius 2 is 1.76 bits per heavy atom. The van der Waals surface area contributed by atoms with Crippen LogP contribution < -0.4 is 11.1 Å². The molecule has 132 valence electrons. The number of rotatable bonds is 10. The summed E-state index contributed by atoms with van der Waals surface area (Å²) in [5.41, 5.74) is 6.04. The van der Waals surface area contributed by atoms with E-state index in [2.05, 4.69) is 11.9 Å². The van der Waals surface area contributed by atoms with E-state index in [0.717, 1.165) is 42.9 Å². The van der Waals surface area contributed by atoms with E-state index in [1.807, 2.05) is 42.5 Å². The molecular formula is C21H26N2O2. The number of hydrogen-bond acceptors (Lipinski definition) is 2. The third-order valence-corrected chi connectivity index (χ3v) is 4.33. The summed E-state index contributed by atoms with van der Waals surface area (Å²) in [6.07, 6.45) is 7.57. The van der Waals surface area contributed by atoms with Gasteiger partial charge in [-0.15, -0.1) is 6.58 Å². The number of fused-ring (bicyclic) bond motifs is 1. The third-order valence-electron chi connectivity index (χ3n) is 4.33. The molecule has 0 aliphatic heterocycles. The predicted octanol–water partition coefficient (Wildman–Crippen LogP) is 3.95. The van der Waals surface area contributed by atoms with Crippen LogP contribution in [0.1, 0.15) is 48.9 Å². The Labute approximate surface area is 149 Å². The van der Waals surface area contributed by atoms with Crippen molar-refractivity contribution in [1.82, 2.24) is 5.32 Å². The summed E-state index contributed by atoms with van der Waals surface area (Å²) in [7, 11) is 0. The number of allylic oxidation sites excluding steroid dienone is 1. The van der Waals surface area contributed by atoms with Crippen molar-refractivity contribution in [2.45, 2.75) is 44.6 Å². The maximum absolute atomic E-state index is 12.6. The molecule has 25 heavy (non-hydrogen) atoms. The van der Waals surface area contributed by atoms with E-state index in [4.69, 9.17) is 5.73 Å². The zero-order chi connectivity index (χ0) is 18.1. The van der Waals surface area contributed by atoms with Gasteiger partial charge < -0.3 is 11.1 Å². The minimum absolute atomic E-state index is 0.257. The summed E-state index contributed by atoms with van der Waals surface area (Å²) < 4.78 is 0. The van der Waals surface area contributed by atoms with E-state index in [1.54, 1.807) is 6.07 Å². The molecule has 2 rings (SSSR count). The Morgan fingerprint density at radius 3 is 2.52 bits per heavy atom. The topological polar surface area (TPSA) is 72.2 Å². The van der Waals surface area contributed by atoms with Crippen molar-refractivity contribution in [2.24, 2.45) is 5.73 Å². The second-order valence-electron chi connectivity index (χ2n) is 6.24. The summed E-state index contributed by atoms with van der Waals surface area (Å²) in [6, 6.07) is 12.6. The van der Waals surface area contributed by atoms with Crippen LogP contribution in [-0.4, -0.2) is 17.9 Å². The lowest BCUT2D eigenvalue weighted by molar-refractivity contribution is -0.120. The fourth-order valence-corrected chi connectivity index (χ4v) is 2.94. The molecule has 0 radical (unpaired) electrons. The summed E-state index contributed by atoms with van der Waals surface area (Å²) in [5, 5.41) is 4.66. The molecule has 0 aromatic heterocycles. The van der Waals surface area contributed by atoms with Crippen LogP contribution in [-0.2, 0) is 4.79 Å². The highest BCUT2D eigenvalue weighted by molar-refractivity contribution is 6.08. The minimum atomic E-state index is -0.633. The van der Waals surface area contributed by atoms with Crippen molar-refractivity contribution in [3.8, 4) is 0 Å². The van der Waals surface area contributed by atoms with Gasteiger partial charge in [0.2, 0.25) is 5.91 Å². The maximum Gasteiger partial charge on any atom is 0.252 e. The van der Waals surface area contributed by atoms with E-state index in [1.165, 1.54) is 0 Å². The summed E-state index contributed by atoms with van der Waals surface area (Å²) >= 11 is 0. The zero-order valence-electron chi connectivity index (χ0n) is 14.5. The van der Waals surface area contributed by atoms with Gasteiger partial charge in [-0.3, -0.25) is 9.59 Å². The normalized spacial score (nSPS) is 11.8. The molecule has 2 amide bonds. The van der Waals surface area contributed by atoms with E-state index in [0.29, 0.717) is 12.0 Å². The maximum atomic E-state index is 12.6. The van der Waals surface area contributed by atoms with Crippen LogP contribution in [0.15, 0.2) is 55.1 Å². The number of hydrogen-bond donors (Lipinski definition) is 2. The minimum Gasteiger partial charge on any atom is -0.368 e. The molecule has 0 aliphatic carbocycles. The Balaban J connectivity index is 1.97. The Kier molecular flexibility index (Phi) is 7.20. The highest BCUT2D eigenvalue weighted by atomic mass is 16.2. The Hall–Kier alpha value is -2.62. The molecule has 3 N–H and O–H groups in total. The van der Waals surface area contributed by atoms with Crippen LogP contribution in [0.4, 0.5) is 0 Å². The SMILES string of the molecule is C=CCCCCCC[C@H](NC(=O)c1cccc2ccccc12)C(N)=O. The number of carbonyl (C=O) groups excluding carboxylic acids is 2.